The molecule has 0 saturated heterocycles. The highest BCUT2D eigenvalue weighted by Crippen LogP contribution is 2.41. The topological polar surface area (TPSA) is 4.36 Å². The van der Waals surface area contributed by atoms with Gasteiger partial charge in [-0.1, -0.05) is 4.85 Å². The van der Waals surface area contributed by atoms with Crippen LogP contribution in [0.15, 0.2) is 0 Å². The second kappa shape index (κ2) is 0.607. The van der Waals surface area contributed by atoms with Crippen LogP contribution in [-0.2, 0) is 0 Å². The van der Waals surface area contributed by atoms with E-state index >= 15 is 0 Å². The van der Waals surface area contributed by atoms with Crippen LogP contribution >= 0.6 is 0 Å². The molecule has 0 aromatic rings. The van der Waals surface area contributed by atoms with Gasteiger partial charge in [0.05, 0.1) is 5.92 Å². The van der Waals surface area contributed by atoms with Gasteiger partial charge in [0.2, 0.25) is 0 Å². The molecule has 1 aliphatic heterocycles. The van der Waals surface area contributed by atoms with Gasteiger partial charge in [0.15, 0.2) is 0 Å². The van der Waals surface area contributed by atoms with Crippen LogP contribution in [0.4, 0.5) is 0 Å². The average Bonchev–Trinajstić information content (AvgIpc) is 2.17. The lowest BCUT2D eigenvalue weighted by Crippen LogP contribution is -1.72. The van der Waals surface area contributed by atoms with Gasteiger partial charge in [-0.15, -0.1) is 0 Å². The third kappa shape index (κ3) is 0.164. The molecule has 0 bridgehead atoms. The zero-order valence-electron chi connectivity index (χ0n) is 3.52. The van der Waals surface area contributed by atoms with Gasteiger partial charge in [-0.05, 0) is 6.42 Å². The van der Waals surface area contributed by atoms with Crippen molar-refractivity contribution in [3.8, 4) is 6.07 Å². The Morgan fingerprint density at radius 3 is 2.83 bits per heavy atom. The predicted octanol–water partition coefficient (Wildman–Crippen LogP) is 0.969. The summed E-state index contributed by atoms with van der Waals surface area (Å²) >= 11 is 0. The summed E-state index contributed by atoms with van der Waals surface area (Å²) in [6.07, 6.45) is 1.38. The highest BCUT2D eigenvalue weighted by atomic mass is 14.8. The van der Waals surface area contributed by atoms with Gasteiger partial charge >= 0.3 is 0 Å². The molecule has 0 spiro atoms. The summed E-state index contributed by atoms with van der Waals surface area (Å²) in [6, 6.07) is 3.02. The number of fused-ring (bicyclic) bond motifs is 1. The highest BCUT2D eigenvalue weighted by molar-refractivity contribution is 5.15. The minimum atomic E-state index is 0.796. The van der Waals surface area contributed by atoms with Crippen LogP contribution in [0, 0.1) is 17.9 Å². The second-order valence-electron chi connectivity index (χ2n) is 2.07. The first-order chi connectivity index (χ1) is 2.97. The van der Waals surface area contributed by atoms with E-state index in [4.69, 9.17) is 0 Å². The van der Waals surface area contributed by atoms with Crippen molar-refractivity contribution in [2.24, 2.45) is 11.8 Å². The normalized spacial score (nSPS) is 46.7. The molecule has 2 atom stereocenters. The number of nitrogens with zero attached hydrogens (tertiary/aromatic N) is 1. The first kappa shape index (κ1) is 2.63. The van der Waals surface area contributed by atoms with E-state index in [0.29, 0.717) is 0 Å². The molecule has 1 heteroatoms. The molecule has 2 rings (SSSR count). The fourth-order valence-electron chi connectivity index (χ4n) is 0.895. The Kier molecular flexibility index (Phi) is 0.266. The van der Waals surface area contributed by atoms with E-state index in [1.54, 1.807) is 0 Å². The average molecular weight is 80.1 g/mol. The minimum absolute atomic E-state index is 0.796. The van der Waals surface area contributed by atoms with Gasteiger partial charge in [0.25, 0.3) is 12.6 Å². The van der Waals surface area contributed by atoms with Crippen molar-refractivity contribution in [3.05, 3.63) is 4.85 Å². The number of hydrogen-bond donors (Lipinski definition) is 0. The van der Waals surface area contributed by atoms with E-state index in [-0.39, 0.29) is 0 Å². The smallest absolute Gasteiger partial charge is 0.0830 e. The van der Waals surface area contributed by atoms with Crippen molar-refractivity contribution < 1.29 is 0 Å². The van der Waals surface area contributed by atoms with Crippen molar-refractivity contribution >= 4 is 0 Å². The SMILES string of the molecule is C1#[N+]CC2CC12. The molecular formula is C5H6N+. The monoisotopic (exact) mass is 80.0 g/mol. The third-order valence-electron chi connectivity index (χ3n) is 1.51. The van der Waals surface area contributed by atoms with E-state index in [1.807, 2.05) is 0 Å². The zero-order chi connectivity index (χ0) is 3.98. The molecule has 0 radical (unpaired) electrons. The molecule has 2 unspecified atom stereocenters. The van der Waals surface area contributed by atoms with Crippen molar-refractivity contribution in [2.45, 2.75) is 6.42 Å². The summed E-state index contributed by atoms with van der Waals surface area (Å²) in [4.78, 5) is 3.96. The molecule has 0 N–H and O–H groups in total. The van der Waals surface area contributed by atoms with Gasteiger partial charge in [-0.25, -0.2) is 0 Å². The summed E-state index contributed by atoms with van der Waals surface area (Å²) in [5.74, 6) is 1.73. The van der Waals surface area contributed by atoms with E-state index in [2.05, 4.69) is 10.9 Å². The lowest BCUT2D eigenvalue weighted by atomic mass is 10.4. The first-order valence-electron chi connectivity index (χ1n) is 2.39. The maximum Gasteiger partial charge on any atom is 0.276 e. The van der Waals surface area contributed by atoms with Crippen LogP contribution < -0.4 is 0 Å². The minimum Gasteiger partial charge on any atom is -0.0830 e. The van der Waals surface area contributed by atoms with Crippen LogP contribution in [0.3, 0.4) is 0 Å². The second-order valence-corrected chi connectivity index (χ2v) is 2.07. The standard InChI is InChI=1S/C5H6N/c1-4-2-6-3-5(1)4/h4-5H,1-2H2/q+1. The van der Waals surface area contributed by atoms with Crippen LogP contribution in [0.2, 0.25) is 0 Å². The molecule has 1 fully saturated rings. The summed E-state index contributed by atoms with van der Waals surface area (Å²) in [7, 11) is 0. The van der Waals surface area contributed by atoms with E-state index in [9.17, 15) is 0 Å². The molecule has 30 valence electrons. The Morgan fingerprint density at radius 1 is 1.67 bits per heavy atom. The van der Waals surface area contributed by atoms with Crippen molar-refractivity contribution in [1.29, 1.82) is 0 Å². The van der Waals surface area contributed by atoms with Gasteiger partial charge in [-0.3, -0.25) is 0 Å². The van der Waals surface area contributed by atoms with Gasteiger partial charge in [-0.2, -0.15) is 0 Å². The maximum absolute atomic E-state index is 3.96. The molecule has 0 aromatic heterocycles. The number of rotatable bonds is 0. The summed E-state index contributed by atoms with van der Waals surface area (Å²) < 4.78 is 0. The molecule has 1 nitrogen and oxygen atoms in total. The molecular weight excluding hydrogens is 74.1 g/mol. The van der Waals surface area contributed by atoms with Crippen LogP contribution in [0.5, 0.6) is 0 Å². The molecule has 1 aliphatic carbocycles. The fourth-order valence-corrected chi connectivity index (χ4v) is 0.895. The van der Waals surface area contributed by atoms with Crippen LogP contribution in [-0.4, -0.2) is 6.54 Å². The third-order valence-corrected chi connectivity index (χ3v) is 1.51. The Hall–Kier alpha value is -0.510. The maximum atomic E-state index is 3.96. The largest absolute Gasteiger partial charge is 0.276 e. The molecule has 1 saturated carbocycles. The first-order valence-corrected chi connectivity index (χ1v) is 2.39. The summed E-state index contributed by atoms with van der Waals surface area (Å²) in [5.41, 5.74) is 0. The fraction of sp³-hybridized carbons (Fsp3) is 0.800. The predicted molar refractivity (Wildman–Crippen MR) is 23.7 cm³/mol. The Morgan fingerprint density at radius 2 is 2.67 bits per heavy atom. The quantitative estimate of drug-likeness (QED) is 0.408. The Balaban J connectivity index is 2.33. The highest BCUT2D eigenvalue weighted by Gasteiger charge is 2.47. The lowest BCUT2D eigenvalue weighted by molar-refractivity contribution is 0.914. The summed E-state index contributed by atoms with van der Waals surface area (Å²) in [5, 5.41) is 0. The zero-order valence-corrected chi connectivity index (χ0v) is 3.52. The molecule has 1 heterocycles. The molecule has 0 amide bonds. The van der Waals surface area contributed by atoms with Crippen molar-refractivity contribution in [2.75, 3.05) is 6.54 Å². The number of hydrogen-bond acceptors (Lipinski definition) is 0. The van der Waals surface area contributed by atoms with E-state index < -0.39 is 0 Å². The molecule has 0 aromatic carbocycles. The van der Waals surface area contributed by atoms with E-state index in [1.165, 1.54) is 6.42 Å². The van der Waals surface area contributed by atoms with Gasteiger partial charge in [0, 0.05) is 0 Å². The lowest BCUT2D eigenvalue weighted by Gasteiger charge is -1.57. The molecule has 2 aliphatic rings. The van der Waals surface area contributed by atoms with Crippen LogP contribution in [0.25, 0.3) is 4.85 Å². The van der Waals surface area contributed by atoms with E-state index in [0.717, 1.165) is 18.4 Å². The van der Waals surface area contributed by atoms with Crippen LogP contribution in [0.1, 0.15) is 6.42 Å². The Labute approximate surface area is 36.8 Å². The van der Waals surface area contributed by atoms with Crippen molar-refractivity contribution in [3.63, 3.8) is 0 Å². The van der Waals surface area contributed by atoms with Crippen molar-refractivity contribution in [1.82, 2.24) is 0 Å². The molecule has 6 heavy (non-hydrogen) atoms. The Bertz CT molecular complexity index is 129. The van der Waals surface area contributed by atoms with Gasteiger partial charge in [0.1, 0.15) is 5.92 Å². The van der Waals surface area contributed by atoms with Gasteiger partial charge < -0.3 is 0 Å². The summed E-state index contributed by atoms with van der Waals surface area (Å²) in [6.45, 7) is 1.07.